The summed E-state index contributed by atoms with van der Waals surface area (Å²) in [6, 6.07) is -1.50. The molecule has 1 fully saturated rings. The number of carboxylic acids is 1. The topological polar surface area (TPSA) is 95.5 Å². The van der Waals surface area contributed by atoms with Crippen molar-refractivity contribution in [1.29, 1.82) is 0 Å². The summed E-state index contributed by atoms with van der Waals surface area (Å²) < 4.78 is 0. The molecule has 1 saturated heterocycles. The maximum atomic E-state index is 11.6. The highest BCUT2D eigenvalue weighted by molar-refractivity contribution is 5.92. The van der Waals surface area contributed by atoms with E-state index in [0.717, 1.165) is 0 Å². The van der Waals surface area contributed by atoms with Gasteiger partial charge in [-0.3, -0.25) is 9.59 Å². The Morgan fingerprint density at radius 2 is 2.12 bits per heavy atom. The molecule has 1 heterocycles. The highest BCUT2D eigenvalue weighted by atomic mass is 16.4. The Labute approximate surface area is 93.4 Å². The summed E-state index contributed by atoms with van der Waals surface area (Å²) in [4.78, 5) is 33.4. The maximum Gasteiger partial charge on any atom is 0.326 e. The summed E-state index contributed by atoms with van der Waals surface area (Å²) in [6.45, 7) is 3.43. The van der Waals surface area contributed by atoms with Crippen molar-refractivity contribution in [1.82, 2.24) is 10.6 Å². The van der Waals surface area contributed by atoms with Crippen LogP contribution in [-0.2, 0) is 14.4 Å². The Balaban J connectivity index is 2.55. The molecular formula is C10H16N2O4. The molecule has 2 atom stereocenters. The number of rotatable bonds is 4. The summed E-state index contributed by atoms with van der Waals surface area (Å²) in [5, 5.41) is 13.8. The first-order chi connectivity index (χ1) is 7.41. The van der Waals surface area contributed by atoms with E-state index in [0.29, 0.717) is 12.8 Å². The molecule has 0 unspecified atom stereocenters. The lowest BCUT2D eigenvalue weighted by molar-refractivity contribution is -0.143. The first kappa shape index (κ1) is 12.5. The van der Waals surface area contributed by atoms with Gasteiger partial charge >= 0.3 is 5.97 Å². The zero-order valence-corrected chi connectivity index (χ0v) is 9.32. The summed E-state index contributed by atoms with van der Waals surface area (Å²) >= 11 is 0. The molecule has 0 aromatic rings. The van der Waals surface area contributed by atoms with Crippen LogP contribution in [0.3, 0.4) is 0 Å². The second-order valence-corrected chi connectivity index (χ2v) is 4.23. The van der Waals surface area contributed by atoms with Crippen molar-refractivity contribution in [2.45, 2.75) is 38.8 Å². The Morgan fingerprint density at radius 1 is 1.50 bits per heavy atom. The van der Waals surface area contributed by atoms with E-state index in [9.17, 15) is 14.4 Å². The van der Waals surface area contributed by atoms with Crippen LogP contribution in [0.4, 0.5) is 0 Å². The number of hydrogen-bond acceptors (Lipinski definition) is 3. The van der Waals surface area contributed by atoms with Gasteiger partial charge in [0.05, 0.1) is 0 Å². The third-order valence-corrected chi connectivity index (χ3v) is 2.54. The second-order valence-electron chi connectivity index (χ2n) is 4.23. The van der Waals surface area contributed by atoms with Crippen LogP contribution in [0.2, 0.25) is 0 Å². The van der Waals surface area contributed by atoms with Gasteiger partial charge in [-0.1, -0.05) is 13.8 Å². The molecule has 0 saturated carbocycles. The average molecular weight is 228 g/mol. The van der Waals surface area contributed by atoms with Crippen LogP contribution < -0.4 is 10.6 Å². The average Bonchev–Trinajstić information content (AvgIpc) is 2.59. The van der Waals surface area contributed by atoms with Gasteiger partial charge in [-0.15, -0.1) is 0 Å². The molecule has 3 N–H and O–H groups in total. The minimum Gasteiger partial charge on any atom is -0.480 e. The van der Waals surface area contributed by atoms with E-state index in [1.807, 2.05) is 0 Å². The zero-order valence-electron chi connectivity index (χ0n) is 9.32. The number of hydrogen-bond donors (Lipinski definition) is 3. The van der Waals surface area contributed by atoms with Crippen molar-refractivity contribution in [2.75, 3.05) is 0 Å². The highest BCUT2D eigenvalue weighted by Gasteiger charge is 2.31. The summed E-state index contributed by atoms with van der Waals surface area (Å²) in [5.74, 6) is -1.85. The molecule has 1 rings (SSSR count). The Morgan fingerprint density at radius 3 is 2.50 bits per heavy atom. The predicted octanol–water partition coefficient (Wildman–Crippen LogP) is -0.510. The standard InChI is InChI=1S/C10H16N2O4/c1-5(2)8(10(15)16)12-9(14)6-3-4-7(13)11-6/h5-6,8H,3-4H2,1-2H3,(H,11,13)(H,12,14)(H,15,16)/t6-,8-/m1/s1. The van der Waals surface area contributed by atoms with Crippen molar-refractivity contribution in [3.63, 3.8) is 0 Å². The number of carbonyl (C=O) groups excluding carboxylic acids is 2. The van der Waals surface area contributed by atoms with E-state index in [4.69, 9.17) is 5.11 Å². The molecular weight excluding hydrogens is 212 g/mol. The van der Waals surface area contributed by atoms with Crippen LogP contribution in [0.25, 0.3) is 0 Å². The van der Waals surface area contributed by atoms with Gasteiger partial charge in [0, 0.05) is 6.42 Å². The first-order valence-corrected chi connectivity index (χ1v) is 5.24. The van der Waals surface area contributed by atoms with Gasteiger partial charge in [-0.25, -0.2) is 4.79 Å². The van der Waals surface area contributed by atoms with Gasteiger partial charge < -0.3 is 15.7 Å². The third kappa shape index (κ3) is 2.95. The van der Waals surface area contributed by atoms with Crippen molar-refractivity contribution in [3.8, 4) is 0 Å². The molecule has 0 aromatic carbocycles. The maximum absolute atomic E-state index is 11.6. The molecule has 1 aliphatic rings. The Kier molecular flexibility index (Phi) is 3.87. The van der Waals surface area contributed by atoms with E-state index in [2.05, 4.69) is 10.6 Å². The van der Waals surface area contributed by atoms with E-state index >= 15 is 0 Å². The lowest BCUT2D eigenvalue weighted by Crippen LogP contribution is -2.50. The van der Waals surface area contributed by atoms with Gasteiger partial charge in [0.25, 0.3) is 0 Å². The van der Waals surface area contributed by atoms with E-state index < -0.39 is 24.0 Å². The largest absolute Gasteiger partial charge is 0.480 e. The lowest BCUT2D eigenvalue weighted by atomic mass is 10.0. The van der Waals surface area contributed by atoms with E-state index in [1.54, 1.807) is 13.8 Å². The third-order valence-electron chi connectivity index (χ3n) is 2.54. The van der Waals surface area contributed by atoms with Gasteiger partial charge in [-0.2, -0.15) is 0 Å². The van der Waals surface area contributed by atoms with Crippen LogP contribution in [0.1, 0.15) is 26.7 Å². The first-order valence-electron chi connectivity index (χ1n) is 5.24. The Bertz CT molecular complexity index is 314. The monoisotopic (exact) mass is 228 g/mol. The summed E-state index contributed by atoms with van der Waals surface area (Å²) in [6.07, 6.45) is 0.743. The molecule has 16 heavy (non-hydrogen) atoms. The molecule has 0 aromatic heterocycles. The van der Waals surface area contributed by atoms with Crippen LogP contribution >= 0.6 is 0 Å². The zero-order chi connectivity index (χ0) is 12.3. The fourth-order valence-corrected chi connectivity index (χ4v) is 1.58. The molecule has 0 spiro atoms. The number of aliphatic carboxylic acids is 1. The van der Waals surface area contributed by atoms with Crippen LogP contribution in [0.5, 0.6) is 0 Å². The molecule has 90 valence electrons. The molecule has 2 amide bonds. The summed E-state index contributed by atoms with van der Waals surface area (Å²) in [5.41, 5.74) is 0. The van der Waals surface area contributed by atoms with Crippen molar-refractivity contribution >= 4 is 17.8 Å². The van der Waals surface area contributed by atoms with E-state index in [1.165, 1.54) is 0 Å². The minimum absolute atomic E-state index is 0.170. The number of carbonyl (C=O) groups is 3. The van der Waals surface area contributed by atoms with Crippen LogP contribution in [-0.4, -0.2) is 35.0 Å². The van der Waals surface area contributed by atoms with Crippen molar-refractivity contribution in [3.05, 3.63) is 0 Å². The number of carboxylic acid groups (broad SMARTS) is 1. The summed E-state index contributed by atoms with van der Waals surface area (Å²) in [7, 11) is 0. The predicted molar refractivity (Wildman–Crippen MR) is 55.6 cm³/mol. The fraction of sp³-hybridized carbons (Fsp3) is 0.700. The smallest absolute Gasteiger partial charge is 0.326 e. The van der Waals surface area contributed by atoms with Crippen LogP contribution in [0, 0.1) is 5.92 Å². The molecule has 0 bridgehead atoms. The SMILES string of the molecule is CC(C)[C@@H](NC(=O)[C@H]1CCC(=O)N1)C(=O)O. The molecule has 6 nitrogen and oxygen atoms in total. The normalized spacial score (nSPS) is 21.7. The van der Waals surface area contributed by atoms with Crippen molar-refractivity contribution < 1.29 is 19.5 Å². The van der Waals surface area contributed by atoms with Gasteiger partial charge in [0.15, 0.2) is 0 Å². The second kappa shape index (κ2) is 4.96. The highest BCUT2D eigenvalue weighted by Crippen LogP contribution is 2.08. The lowest BCUT2D eigenvalue weighted by Gasteiger charge is -2.20. The fourth-order valence-electron chi connectivity index (χ4n) is 1.58. The quantitative estimate of drug-likeness (QED) is 0.604. The van der Waals surface area contributed by atoms with E-state index in [-0.39, 0.29) is 11.8 Å². The molecule has 0 aliphatic carbocycles. The van der Waals surface area contributed by atoms with Gasteiger partial charge in [0.1, 0.15) is 12.1 Å². The molecule has 0 radical (unpaired) electrons. The Hall–Kier alpha value is -1.59. The van der Waals surface area contributed by atoms with Crippen molar-refractivity contribution in [2.24, 2.45) is 5.92 Å². The van der Waals surface area contributed by atoms with Gasteiger partial charge in [-0.05, 0) is 12.3 Å². The van der Waals surface area contributed by atoms with Crippen LogP contribution in [0.15, 0.2) is 0 Å². The van der Waals surface area contributed by atoms with Gasteiger partial charge in [0.2, 0.25) is 11.8 Å². The molecule has 1 aliphatic heterocycles. The molecule has 6 heteroatoms. The minimum atomic E-state index is -1.06. The number of nitrogens with one attached hydrogen (secondary N) is 2. The number of amides is 2.